The summed E-state index contributed by atoms with van der Waals surface area (Å²) in [5.41, 5.74) is 3.58. The third kappa shape index (κ3) is 2.81. The van der Waals surface area contributed by atoms with E-state index in [4.69, 9.17) is 25.8 Å². The second kappa shape index (κ2) is 7.25. The molecule has 3 aromatic rings. The lowest BCUT2D eigenvalue weighted by Gasteiger charge is -2.40. The van der Waals surface area contributed by atoms with Crippen LogP contribution in [0.2, 0.25) is 0 Å². The van der Waals surface area contributed by atoms with Crippen molar-refractivity contribution in [3.63, 3.8) is 0 Å². The Bertz CT molecular complexity index is 1160. The van der Waals surface area contributed by atoms with Gasteiger partial charge in [0.1, 0.15) is 11.9 Å². The number of carbonyl (C=O) groups is 2. The molecular formula is C22H19ClN2O5. The van der Waals surface area contributed by atoms with Gasteiger partial charge in [0.05, 0.1) is 13.2 Å². The highest BCUT2D eigenvalue weighted by Crippen LogP contribution is 2.44. The SMILES string of the molecule is COC(=O)C1Cc2c([nH]c3ccccc23)C(c2ccc3c(c2)OCO3)N1C(=O)CCl. The Morgan fingerprint density at radius 2 is 2.00 bits per heavy atom. The lowest BCUT2D eigenvalue weighted by molar-refractivity contribution is -0.154. The molecular weight excluding hydrogens is 408 g/mol. The van der Waals surface area contributed by atoms with E-state index >= 15 is 0 Å². The van der Waals surface area contributed by atoms with Gasteiger partial charge in [0.15, 0.2) is 11.5 Å². The zero-order valence-electron chi connectivity index (χ0n) is 16.2. The van der Waals surface area contributed by atoms with Crippen LogP contribution in [0.1, 0.15) is 22.9 Å². The van der Waals surface area contributed by atoms with Crippen LogP contribution in [0.25, 0.3) is 10.9 Å². The van der Waals surface area contributed by atoms with Gasteiger partial charge in [-0.2, -0.15) is 0 Å². The first-order valence-corrected chi connectivity index (χ1v) is 10.1. The van der Waals surface area contributed by atoms with E-state index in [2.05, 4.69) is 4.98 Å². The number of para-hydroxylation sites is 1. The number of nitrogens with zero attached hydrogens (tertiary/aromatic N) is 1. The summed E-state index contributed by atoms with van der Waals surface area (Å²) >= 11 is 5.95. The highest BCUT2D eigenvalue weighted by molar-refractivity contribution is 6.27. The molecule has 2 atom stereocenters. The van der Waals surface area contributed by atoms with Crippen molar-refractivity contribution in [3.05, 3.63) is 59.3 Å². The normalized spacial score (nSPS) is 19.6. The summed E-state index contributed by atoms with van der Waals surface area (Å²) in [4.78, 5) is 30.7. The van der Waals surface area contributed by atoms with E-state index in [-0.39, 0.29) is 18.6 Å². The quantitative estimate of drug-likeness (QED) is 0.514. The minimum absolute atomic E-state index is 0.149. The van der Waals surface area contributed by atoms with E-state index in [1.165, 1.54) is 12.0 Å². The van der Waals surface area contributed by atoms with Crippen molar-refractivity contribution < 1.29 is 23.8 Å². The Kier molecular flexibility index (Phi) is 4.55. The number of aromatic nitrogens is 1. The van der Waals surface area contributed by atoms with Gasteiger partial charge < -0.3 is 24.1 Å². The third-order valence-electron chi connectivity index (χ3n) is 5.72. The highest BCUT2D eigenvalue weighted by atomic mass is 35.5. The van der Waals surface area contributed by atoms with Crippen LogP contribution < -0.4 is 9.47 Å². The fourth-order valence-corrected chi connectivity index (χ4v) is 4.55. The number of methoxy groups -OCH3 is 1. The summed E-state index contributed by atoms with van der Waals surface area (Å²) in [6.45, 7) is 0.149. The minimum atomic E-state index is -0.789. The molecule has 0 aliphatic carbocycles. The zero-order chi connectivity index (χ0) is 20.8. The smallest absolute Gasteiger partial charge is 0.328 e. The Hall–Kier alpha value is -3.19. The molecule has 154 valence electrons. The monoisotopic (exact) mass is 426 g/mol. The van der Waals surface area contributed by atoms with E-state index in [0.717, 1.165) is 27.7 Å². The van der Waals surface area contributed by atoms with Gasteiger partial charge in [-0.05, 0) is 29.3 Å². The molecule has 0 saturated carbocycles. The van der Waals surface area contributed by atoms with Crippen LogP contribution in [0, 0.1) is 0 Å². The van der Waals surface area contributed by atoms with Gasteiger partial charge >= 0.3 is 5.97 Å². The van der Waals surface area contributed by atoms with Crippen molar-refractivity contribution in [3.8, 4) is 11.5 Å². The number of ether oxygens (including phenoxy) is 3. The Morgan fingerprint density at radius 1 is 1.20 bits per heavy atom. The summed E-state index contributed by atoms with van der Waals surface area (Å²) in [5.74, 6) is 0.174. The van der Waals surface area contributed by atoms with Crippen molar-refractivity contribution in [1.82, 2.24) is 9.88 Å². The van der Waals surface area contributed by atoms with Gasteiger partial charge in [-0.25, -0.2) is 4.79 Å². The standard InChI is InChI=1S/C22H19ClN2O5/c1-28-22(27)16-9-14-13-4-2-3-5-15(13)24-20(14)21(25(16)19(26)10-23)12-6-7-17-18(8-12)30-11-29-17/h2-8,16,21,24H,9-11H2,1H3. The van der Waals surface area contributed by atoms with Crippen LogP contribution in [-0.2, 0) is 20.7 Å². The largest absolute Gasteiger partial charge is 0.467 e. The molecule has 8 heteroatoms. The van der Waals surface area contributed by atoms with Gasteiger partial charge in [-0.15, -0.1) is 11.6 Å². The van der Waals surface area contributed by atoms with Gasteiger partial charge in [0.25, 0.3) is 0 Å². The number of hydrogen-bond acceptors (Lipinski definition) is 5. The molecule has 1 amide bonds. The van der Waals surface area contributed by atoms with Gasteiger partial charge in [0, 0.05) is 23.0 Å². The number of hydrogen-bond donors (Lipinski definition) is 1. The third-order valence-corrected chi connectivity index (χ3v) is 5.95. The number of rotatable bonds is 3. The molecule has 0 radical (unpaired) electrons. The Labute approximate surface area is 177 Å². The molecule has 7 nitrogen and oxygen atoms in total. The minimum Gasteiger partial charge on any atom is -0.467 e. The Balaban J connectivity index is 1.75. The maximum atomic E-state index is 13.0. The maximum Gasteiger partial charge on any atom is 0.328 e. The lowest BCUT2D eigenvalue weighted by Crippen LogP contribution is -2.52. The van der Waals surface area contributed by atoms with Crippen LogP contribution in [0.5, 0.6) is 11.5 Å². The fourth-order valence-electron chi connectivity index (χ4n) is 4.42. The van der Waals surface area contributed by atoms with E-state index in [0.29, 0.717) is 17.9 Å². The zero-order valence-corrected chi connectivity index (χ0v) is 16.9. The number of amides is 1. The van der Waals surface area contributed by atoms with Gasteiger partial charge in [0.2, 0.25) is 12.7 Å². The predicted molar refractivity (Wildman–Crippen MR) is 110 cm³/mol. The number of H-pyrrole nitrogens is 1. The first kappa shape index (κ1) is 18.8. The lowest BCUT2D eigenvalue weighted by atomic mass is 9.87. The molecule has 0 fully saturated rings. The summed E-state index contributed by atoms with van der Waals surface area (Å²) < 4.78 is 16.0. The van der Waals surface area contributed by atoms with E-state index in [1.54, 1.807) is 0 Å². The average Bonchev–Trinajstić information content (AvgIpc) is 3.40. The molecule has 1 N–H and O–H groups in total. The number of benzene rings is 2. The van der Waals surface area contributed by atoms with Gasteiger partial charge in [-0.1, -0.05) is 24.3 Å². The molecule has 0 saturated heterocycles. The number of alkyl halides is 1. The highest BCUT2D eigenvalue weighted by Gasteiger charge is 2.44. The van der Waals surface area contributed by atoms with Crippen LogP contribution in [0.3, 0.4) is 0 Å². The summed E-state index contributed by atoms with van der Waals surface area (Å²) in [6.07, 6.45) is 0.343. The molecule has 2 aromatic carbocycles. The van der Waals surface area contributed by atoms with E-state index in [9.17, 15) is 9.59 Å². The van der Waals surface area contributed by atoms with Crippen molar-refractivity contribution >= 4 is 34.4 Å². The number of nitrogens with one attached hydrogen (secondary N) is 1. The molecule has 2 aliphatic heterocycles. The van der Waals surface area contributed by atoms with Crippen LogP contribution in [0.15, 0.2) is 42.5 Å². The van der Waals surface area contributed by atoms with E-state index < -0.39 is 18.1 Å². The molecule has 0 bridgehead atoms. The molecule has 2 aliphatic rings. The average molecular weight is 427 g/mol. The molecule has 30 heavy (non-hydrogen) atoms. The number of fused-ring (bicyclic) bond motifs is 4. The molecule has 5 rings (SSSR count). The van der Waals surface area contributed by atoms with Crippen molar-refractivity contribution in [2.75, 3.05) is 19.8 Å². The van der Waals surface area contributed by atoms with Crippen molar-refractivity contribution in [2.24, 2.45) is 0 Å². The molecule has 3 heterocycles. The maximum absolute atomic E-state index is 13.0. The van der Waals surface area contributed by atoms with Crippen LogP contribution in [-0.4, -0.2) is 47.6 Å². The summed E-state index contributed by atoms with van der Waals surface area (Å²) in [5, 5.41) is 1.02. The first-order chi connectivity index (χ1) is 14.6. The predicted octanol–water partition coefficient (Wildman–Crippen LogP) is 3.15. The molecule has 1 aromatic heterocycles. The van der Waals surface area contributed by atoms with Crippen molar-refractivity contribution in [2.45, 2.75) is 18.5 Å². The number of carbonyl (C=O) groups excluding carboxylic acids is 2. The summed E-state index contributed by atoms with van der Waals surface area (Å²) in [7, 11) is 1.33. The van der Waals surface area contributed by atoms with Crippen LogP contribution in [0.4, 0.5) is 0 Å². The Morgan fingerprint density at radius 3 is 2.80 bits per heavy atom. The topological polar surface area (TPSA) is 80.9 Å². The van der Waals surface area contributed by atoms with Crippen LogP contribution >= 0.6 is 11.6 Å². The van der Waals surface area contributed by atoms with Crippen molar-refractivity contribution in [1.29, 1.82) is 0 Å². The number of esters is 1. The fraction of sp³-hybridized carbons (Fsp3) is 0.273. The second-order valence-electron chi connectivity index (χ2n) is 7.26. The second-order valence-corrected chi connectivity index (χ2v) is 7.52. The summed E-state index contributed by atoms with van der Waals surface area (Å²) in [6, 6.07) is 12.1. The molecule has 0 spiro atoms. The number of halogens is 1. The molecule has 2 unspecified atom stereocenters. The number of aromatic amines is 1. The first-order valence-electron chi connectivity index (χ1n) is 9.56. The van der Waals surface area contributed by atoms with Gasteiger partial charge in [-0.3, -0.25) is 4.79 Å². The van der Waals surface area contributed by atoms with E-state index in [1.807, 2.05) is 42.5 Å².